The largest absolute Gasteiger partial charge is 0.481 e. The van der Waals surface area contributed by atoms with Crippen LogP contribution in [-0.4, -0.2) is 59.5 Å². The predicted octanol–water partition coefficient (Wildman–Crippen LogP) is 0.261. The second-order valence-electron chi connectivity index (χ2n) is 4.95. The van der Waals surface area contributed by atoms with Gasteiger partial charge in [-0.25, -0.2) is 0 Å². The molecule has 1 N–H and O–H groups in total. The molecule has 96 valence electrons. The summed E-state index contributed by atoms with van der Waals surface area (Å²) >= 11 is 0. The summed E-state index contributed by atoms with van der Waals surface area (Å²) in [5, 5.41) is 8.80. The summed E-state index contributed by atoms with van der Waals surface area (Å²) in [5.41, 5.74) is 0. The third kappa shape index (κ3) is 2.77. The van der Waals surface area contributed by atoms with Crippen LogP contribution in [0.25, 0.3) is 0 Å². The second-order valence-corrected chi connectivity index (χ2v) is 4.95. The van der Waals surface area contributed by atoms with Crippen molar-refractivity contribution in [1.29, 1.82) is 0 Å². The highest BCUT2D eigenvalue weighted by Crippen LogP contribution is 2.40. The van der Waals surface area contributed by atoms with Crippen molar-refractivity contribution in [2.24, 2.45) is 11.8 Å². The van der Waals surface area contributed by atoms with Crippen molar-refractivity contribution in [2.45, 2.75) is 19.8 Å². The first kappa shape index (κ1) is 12.4. The molecule has 17 heavy (non-hydrogen) atoms. The second kappa shape index (κ2) is 5.04. The average Bonchev–Trinajstić information content (AvgIpc) is 3.09. The van der Waals surface area contributed by atoms with Gasteiger partial charge in [0, 0.05) is 26.2 Å². The number of carbonyl (C=O) groups excluding carboxylic acids is 1. The minimum absolute atomic E-state index is 0.0496. The van der Waals surface area contributed by atoms with Crippen LogP contribution in [-0.2, 0) is 9.59 Å². The normalized spacial score (nSPS) is 29.1. The summed E-state index contributed by atoms with van der Waals surface area (Å²) in [5.74, 6) is -1.44. The van der Waals surface area contributed by atoms with E-state index in [9.17, 15) is 9.59 Å². The highest BCUT2D eigenvalue weighted by Gasteiger charge is 2.49. The molecule has 0 aromatic rings. The summed E-state index contributed by atoms with van der Waals surface area (Å²) in [6.07, 6.45) is 1.67. The van der Waals surface area contributed by atoms with Crippen LogP contribution in [0.1, 0.15) is 19.8 Å². The van der Waals surface area contributed by atoms with E-state index in [4.69, 9.17) is 5.11 Å². The summed E-state index contributed by atoms with van der Waals surface area (Å²) in [6, 6.07) is 0. The number of piperazine rings is 1. The van der Waals surface area contributed by atoms with Gasteiger partial charge in [0.1, 0.15) is 0 Å². The predicted molar refractivity (Wildman–Crippen MR) is 62.5 cm³/mol. The number of rotatable bonds is 4. The van der Waals surface area contributed by atoms with Crippen molar-refractivity contribution in [1.82, 2.24) is 9.80 Å². The van der Waals surface area contributed by atoms with Gasteiger partial charge in [-0.15, -0.1) is 0 Å². The van der Waals surface area contributed by atoms with E-state index >= 15 is 0 Å². The van der Waals surface area contributed by atoms with Crippen molar-refractivity contribution in [3.63, 3.8) is 0 Å². The maximum absolute atomic E-state index is 12.0. The number of hydrogen-bond acceptors (Lipinski definition) is 3. The fraction of sp³-hybridized carbons (Fsp3) is 0.833. The fourth-order valence-electron chi connectivity index (χ4n) is 2.48. The molecule has 5 nitrogen and oxygen atoms in total. The number of nitrogens with zero attached hydrogens (tertiary/aromatic N) is 2. The van der Waals surface area contributed by atoms with Crippen molar-refractivity contribution < 1.29 is 14.7 Å². The van der Waals surface area contributed by atoms with Crippen LogP contribution in [0.3, 0.4) is 0 Å². The molecule has 0 bridgehead atoms. The molecular weight excluding hydrogens is 220 g/mol. The molecule has 0 aromatic heterocycles. The molecule has 2 rings (SSSR count). The minimum Gasteiger partial charge on any atom is -0.481 e. The Labute approximate surface area is 101 Å². The number of carbonyl (C=O) groups is 2. The van der Waals surface area contributed by atoms with Crippen molar-refractivity contribution in [3.05, 3.63) is 0 Å². The molecule has 0 aromatic carbocycles. The zero-order valence-electron chi connectivity index (χ0n) is 10.3. The average molecular weight is 240 g/mol. The van der Waals surface area contributed by atoms with Crippen LogP contribution >= 0.6 is 0 Å². The Hall–Kier alpha value is -1.10. The van der Waals surface area contributed by atoms with E-state index < -0.39 is 11.9 Å². The molecule has 0 spiro atoms. The molecule has 1 heterocycles. The third-order valence-electron chi connectivity index (χ3n) is 3.65. The highest BCUT2D eigenvalue weighted by molar-refractivity contribution is 5.89. The number of carboxylic acid groups (broad SMARTS) is 1. The Morgan fingerprint density at radius 2 is 1.82 bits per heavy atom. The van der Waals surface area contributed by atoms with Crippen molar-refractivity contribution >= 4 is 11.9 Å². The Balaban J connectivity index is 1.78. The first-order chi connectivity index (χ1) is 8.13. The zero-order valence-corrected chi connectivity index (χ0v) is 10.3. The van der Waals surface area contributed by atoms with Crippen LogP contribution in [0.5, 0.6) is 0 Å². The van der Waals surface area contributed by atoms with Gasteiger partial charge in [-0.1, -0.05) is 6.92 Å². The number of aliphatic carboxylic acids is 1. The smallest absolute Gasteiger partial charge is 0.307 e. The van der Waals surface area contributed by atoms with Gasteiger partial charge in [0.2, 0.25) is 5.91 Å². The third-order valence-corrected chi connectivity index (χ3v) is 3.65. The molecule has 5 heteroatoms. The zero-order chi connectivity index (χ0) is 12.4. The molecule has 2 atom stereocenters. The van der Waals surface area contributed by atoms with Crippen LogP contribution in [0.15, 0.2) is 0 Å². The van der Waals surface area contributed by atoms with E-state index in [-0.39, 0.29) is 11.8 Å². The summed E-state index contributed by atoms with van der Waals surface area (Å²) in [6.45, 7) is 6.58. The van der Waals surface area contributed by atoms with Gasteiger partial charge in [0.15, 0.2) is 0 Å². The molecule has 1 saturated heterocycles. The lowest BCUT2D eigenvalue weighted by Crippen LogP contribution is -2.49. The van der Waals surface area contributed by atoms with E-state index in [0.29, 0.717) is 6.42 Å². The van der Waals surface area contributed by atoms with Gasteiger partial charge < -0.3 is 10.0 Å². The van der Waals surface area contributed by atoms with E-state index in [1.807, 2.05) is 4.90 Å². The fourth-order valence-corrected chi connectivity index (χ4v) is 2.48. The van der Waals surface area contributed by atoms with E-state index in [2.05, 4.69) is 11.8 Å². The molecule has 1 aliphatic heterocycles. The summed E-state index contributed by atoms with van der Waals surface area (Å²) in [7, 11) is 0. The molecule has 1 saturated carbocycles. The van der Waals surface area contributed by atoms with Crippen molar-refractivity contribution in [3.8, 4) is 0 Å². The maximum Gasteiger partial charge on any atom is 0.307 e. The maximum atomic E-state index is 12.0. The number of amides is 1. The van der Waals surface area contributed by atoms with Gasteiger partial charge in [0.25, 0.3) is 0 Å². The molecule has 2 unspecified atom stereocenters. The lowest BCUT2D eigenvalue weighted by Gasteiger charge is -2.34. The van der Waals surface area contributed by atoms with E-state index in [1.54, 1.807) is 0 Å². The van der Waals surface area contributed by atoms with E-state index in [0.717, 1.165) is 39.1 Å². The van der Waals surface area contributed by atoms with Gasteiger partial charge in [-0.2, -0.15) is 0 Å². The standard InChI is InChI=1S/C12H20N2O3/c1-2-3-13-4-6-14(7-5-13)11(15)9-8-10(9)12(16)17/h9-10H,2-8H2,1H3,(H,16,17). The van der Waals surface area contributed by atoms with Gasteiger partial charge in [0.05, 0.1) is 11.8 Å². The van der Waals surface area contributed by atoms with Crippen molar-refractivity contribution in [2.75, 3.05) is 32.7 Å². The molecular formula is C12H20N2O3. The van der Waals surface area contributed by atoms with E-state index in [1.165, 1.54) is 0 Å². The molecule has 2 aliphatic rings. The summed E-state index contributed by atoms with van der Waals surface area (Å²) < 4.78 is 0. The number of hydrogen-bond donors (Lipinski definition) is 1. The first-order valence-electron chi connectivity index (χ1n) is 6.37. The molecule has 2 fully saturated rings. The van der Waals surface area contributed by atoms with Crippen LogP contribution in [0, 0.1) is 11.8 Å². The Bertz CT molecular complexity index is 311. The van der Waals surface area contributed by atoms with Gasteiger partial charge in [-0.3, -0.25) is 14.5 Å². The van der Waals surface area contributed by atoms with Gasteiger partial charge >= 0.3 is 5.97 Å². The quantitative estimate of drug-likeness (QED) is 0.766. The van der Waals surface area contributed by atoms with Crippen LogP contribution in [0.2, 0.25) is 0 Å². The highest BCUT2D eigenvalue weighted by atomic mass is 16.4. The monoisotopic (exact) mass is 240 g/mol. The minimum atomic E-state index is -0.826. The molecule has 1 aliphatic carbocycles. The van der Waals surface area contributed by atoms with Crippen LogP contribution < -0.4 is 0 Å². The Kier molecular flexibility index (Phi) is 3.66. The first-order valence-corrected chi connectivity index (χ1v) is 6.37. The van der Waals surface area contributed by atoms with Crippen LogP contribution in [0.4, 0.5) is 0 Å². The van der Waals surface area contributed by atoms with Gasteiger partial charge in [-0.05, 0) is 19.4 Å². The lowest BCUT2D eigenvalue weighted by molar-refractivity contribution is -0.142. The Morgan fingerprint density at radius 1 is 1.18 bits per heavy atom. The lowest BCUT2D eigenvalue weighted by atomic mass is 10.2. The number of carboxylic acids is 1. The summed E-state index contributed by atoms with van der Waals surface area (Å²) in [4.78, 5) is 26.9. The topological polar surface area (TPSA) is 60.9 Å². The molecule has 0 radical (unpaired) electrons. The SMILES string of the molecule is CCCN1CCN(C(=O)C2CC2C(=O)O)CC1. The molecule has 1 amide bonds. The Morgan fingerprint density at radius 3 is 2.29 bits per heavy atom.